The molecule has 0 aliphatic heterocycles. The Morgan fingerprint density at radius 1 is 0.788 bits per heavy atom. The zero-order valence-corrected chi connectivity index (χ0v) is 20.0. The van der Waals surface area contributed by atoms with E-state index in [1.807, 2.05) is 100 Å². The quantitative estimate of drug-likeness (QED) is 0.506. The Morgan fingerprint density at radius 2 is 1.45 bits per heavy atom. The maximum Gasteiger partial charge on any atom is 0.243 e. The lowest BCUT2D eigenvalue weighted by atomic mass is 10.0. The number of hydrogen-bond donors (Lipinski definition) is 1. The number of nitrogens with zero attached hydrogens (tertiary/aromatic N) is 1. The largest absolute Gasteiger partial charge is 0.352 e. The van der Waals surface area contributed by atoms with E-state index >= 15 is 0 Å². The Bertz CT molecular complexity index is 1060. The van der Waals surface area contributed by atoms with Crippen LogP contribution in [0, 0.1) is 13.8 Å². The van der Waals surface area contributed by atoms with E-state index in [9.17, 15) is 9.59 Å². The van der Waals surface area contributed by atoms with Crippen LogP contribution in [0.4, 0.5) is 0 Å². The molecule has 0 unspecified atom stereocenters. The molecule has 0 bridgehead atoms. The summed E-state index contributed by atoms with van der Waals surface area (Å²) < 4.78 is 0. The number of nitrogens with one attached hydrogen (secondary N) is 1. The molecule has 3 aromatic rings. The van der Waals surface area contributed by atoms with Crippen LogP contribution in [-0.2, 0) is 29.0 Å². The lowest BCUT2D eigenvalue weighted by Crippen LogP contribution is -2.52. The van der Waals surface area contributed by atoms with E-state index in [4.69, 9.17) is 0 Å². The van der Waals surface area contributed by atoms with Gasteiger partial charge in [0.2, 0.25) is 11.8 Å². The summed E-state index contributed by atoms with van der Waals surface area (Å²) in [5, 5.41) is 3.03. The number of rotatable bonds is 9. The fourth-order valence-electron chi connectivity index (χ4n) is 3.92. The predicted octanol–water partition coefficient (Wildman–Crippen LogP) is 5.01. The molecule has 0 aliphatic rings. The van der Waals surface area contributed by atoms with Crippen molar-refractivity contribution in [2.24, 2.45) is 0 Å². The van der Waals surface area contributed by atoms with Crippen molar-refractivity contribution < 1.29 is 9.59 Å². The van der Waals surface area contributed by atoms with E-state index in [0.29, 0.717) is 13.0 Å². The molecule has 0 saturated heterocycles. The minimum Gasteiger partial charge on any atom is -0.352 e. The van der Waals surface area contributed by atoms with Crippen LogP contribution in [0.15, 0.2) is 78.9 Å². The van der Waals surface area contributed by atoms with Crippen LogP contribution in [0.5, 0.6) is 0 Å². The van der Waals surface area contributed by atoms with Crippen molar-refractivity contribution in [3.63, 3.8) is 0 Å². The summed E-state index contributed by atoms with van der Waals surface area (Å²) in [6.07, 6.45) is 0.719. The summed E-state index contributed by atoms with van der Waals surface area (Å²) in [6.45, 7) is 8.33. The highest BCUT2D eigenvalue weighted by molar-refractivity contribution is 5.89. The third-order valence-corrected chi connectivity index (χ3v) is 5.61. The van der Waals surface area contributed by atoms with E-state index in [-0.39, 0.29) is 24.3 Å². The van der Waals surface area contributed by atoms with Crippen molar-refractivity contribution in [1.29, 1.82) is 0 Å². The van der Waals surface area contributed by atoms with Crippen LogP contribution in [-0.4, -0.2) is 28.8 Å². The first-order chi connectivity index (χ1) is 15.8. The van der Waals surface area contributed by atoms with Gasteiger partial charge in [-0.3, -0.25) is 9.59 Å². The minimum atomic E-state index is -0.603. The first-order valence-electron chi connectivity index (χ1n) is 11.6. The lowest BCUT2D eigenvalue weighted by molar-refractivity contribution is -0.141. The molecule has 0 spiro atoms. The van der Waals surface area contributed by atoms with E-state index in [2.05, 4.69) is 11.4 Å². The molecule has 33 heavy (non-hydrogen) atoms. The van der Waals surface area contributed by atoms with E-state index in [0.717, 1.165) is 27.8 Å². The molecule has 0 fully saturated rings. The van der Waals surface area contributed by atoms with Crippen molar-refractivity contribution in [3.05, 3.63) is 107 Å². The smallest absolute Gasteiger partial charge is 0.243 e. The summed E-state index contributed by atoms with van der Waals surface area (Å²) in [5.41, 5.74) is 5.27. The first-order valence-corrected chi connectivity index (χ1v) is 11.6. The second-order valence-electron chi connectivity index (χ2n) is 9.04. The fraction of sp³-hybridized carbons (Fsp3) is 0.310. The average molecular weight is 443 g/mol. The SMILES string of the molecule is Cc1ccc(CC(=O)N(Cc2cccc(C)c2)[C@H](Cc2ccccc2)C(=O)NC(C)C)cc1. The first kappa shape index (κ1) is 24.2. The Morgan fingerprint density at radius 3 is 2.09 bits per heavy atom. The number of amides is 2. The number of carbonyl (C=O) groups excluding carboxylic acids is 2. The van der Waals surface area contributed by atoms with Crippen LogP contribution in [0.2, 0.25) is 0 Å². The minimum absolute atomic E-state index is 0.0104. The summed E-state index contributed by atoms with van der Waals surface area (Å²) in [4.78, 5) is 28.8. The van der Waals surface area contributed by atoms with Gasteiger partial charge in [-0.15, -0.1) is 0 Å². The van der Waals surface area contributed by atoms with Crippen LogP contribution < -0.4 is 5.32 Å². The summed E-state index contributed by atoms with van der Waals surface area (Å²) in [6, 6.07) is 25.4. The van der Waals surface area contributed by atoms with Crippen LogP contribution >= 0.6 is 0 Å². The molecule has 1 N–H and O–H groups in total. The Hall–Kier alpha value is -3.40. The Balaban J connectivity index is 1.96. The van der Waals surface area contributed by atoms with Gasteiger partial charge in [-0.05, 0) is 44.4 Å². The maximum atomic E-state index is 13.7. The zero-order chi connectivity index (χ0) is 23.8. The summed E-state index contributed by atoms with van der Waals surface area (Å²) >= 11 is 0. The number of carbonyl (C=O) groups is 2. The molecule has 0 aromatic heterocycles. The van der Waals surface area contributed by atoms with Crippen molar-refractivity contribution in [2.45, 2.75) is 59.2 Å². The highest BCUT2D eigenvalue weighted by atomic mass is 16.2. The van der Waals surface area contributed by atoms with Gasteiger partial charge in [-0.2, -0.15) is 0 Å². The third-order valence-electron chi connectivity index (χ3n) is 5.61. The van der Waals surface area contributed by atoms with Crippen LogP contribution in [0.3, 0.4) is 0 Å². The average Bonchev–Trinajstić information content (AvgIpc) is 2.78. The molecular weight excluding hydrogens is 408 g/mol. The normalized spacial score (nSPS) is 11.8. The van der Waals surface area contributed by atoms with Gasteiger partial charge >= 0.3 is 0 Å². The lowest BCUT2D eigenvalue weighted by Gasteiger charge is -2.32. The highest BCUT2D eigenvalue weighted by Gasteiger charge is 2.30. The van der Waals surface area contributed by atoms with Crippen molar-refractivity contribution in [1.82, 2.24) is 10.2 Å². The van der Waals surface area contributed by atoms with E-state index < -0.39 is 6.04 Å². The van der Waals surface area contributed by atoms with Gasteiger partial charge in [0.1, 0.15) is 6.04 Å². The van der Waals surface area contributed by atoms with Gasteiger partial charge in [0.15, 0.2) is 0 Å². The Labute approximate surface area is 197 Å². The van der Waals surface area contributed by atoms with Gasteiger partial charge in [-0.25, -0.2) is 0 Å². The molecule has 3 aromatic carbocycles. The third kappa shape index (κ3) is 7.31. The van der Waals surface area contributed by atoms with Gasteiger partial charge in [0, 0.05) is 19.0 Å². The van der Waals surface area contributed by atoms with Crippen molar-refractivity contribution in [2.75, 3.05) is 0 Å². The number of benzene rings is 3. The fourth-order valence-corrected chi connectivity index (χ4v) is 3.92. The second-order valence-corrected chi connectivity index (χ2v) is 9.04. The van der Waals surface area contributed by atoms with E-state index in [1.54, 1.807) is 4.90 Å². The monoisotopic (exact) mass is 442 g/mol. The topological polar surface area (TPSA) is 49.4 Å². The molecule has 2 amide bonds. The second kappa shape index (κ2) is 11.5. The summed E-state index contributed by atoms with van der Waals surface area (Å²) in [5.74, 6) is -0.182. The molecular formula is C29H34N2O2. The molecule has 4 nitrogen and oxygen atoms in total. The van der Waals surface area contributed by atoms with Gasteiger partial charge in [-0.1, -0.05) is 90.0 Å². The maximum absolute atomic E-state index is 13.7. The molecule has 0 heterocycles. The standard InChI is InChI=1S/C29H34N2O2/c1-21(2)30-29(33)27(18-24-10-6-5-7-11-24)31(20-26-12-8-9-23(4)17-26)28(32)19-25-15-13-22(3)14-16-25/h5-17,21,27H,18-20H2,1-4H3,(H,30,33)/t27-/m1/s1. The van der Waals surface area contributed by atoms with Crippen molar-refractivity contribution >= 4 is 11.8 Å². The molecule has 4 heteroatoms. The zero-order valence-electron chi connectivity index (χ0n) is 20.0. The molecule has 0 aliphatic carbocycles. The molecule has 0 radical (unpaired) electrons. The Kier molecular flexibility index (Phi) is 8.42. The van der Waals surface area contributed by atoms with Crippen LogP contribution in [0.25, 0.3) is 0 Å². The molecule has 3 rings (SSSR count). The van der Waals surface area contributed by atoms with Gasteiger partial charge < -0.3 is 10.2 Å². The number of hydrogen-bond acceptors (Lipinski definition) is 2. The van der Waals surface area contributed by atoms with Crippen molar-refractivity contribution in [3.8, 4) is 0 Å². The van der Waals surface area contributed by atoms with Gasteiger partial charge in [0.25, 0.3) is 0 Å². The van der Waals surface area contributed by atoms with Crippen LogP contribution in [0.1, 0.15) is 41.7 Å². The highest BCUT2D eigenvalue weighted by Crippen LogP contribution is 2.18. The number of aryl methyl sites for hydroxylation is 2. The molecule has 0 saturated carbocycles. The summed E-state index contributed by atoms with van der Waals surface area (Å²) in [7, 11) is 0. The molecule has 1 atom stereocenters. The van der Waals surface area contributed by atoms with E-state index in [1.165, 1.54) is 0 Å². The predicted molar refractivity (Wildman–Crippen MR) is 134 cm³/mol. The van der Waals surface area contributed by atoms with Gasteiger partial charge in [0.05, 0.1) is 6.42 Å². The molecule has 172 valence electrons.